The van der Waals surface area contributed by atoms with Crippen molar-refractivity contribution in [1.29, 1.82) is 0 Å². The highest BCUT2D eigenvalue weighted by Gasteiger charge is 1.90. The zero-order valence-electron chi connectivity index (χ0n) is 5.63. The minimum atomic E-state index is 0.158. The molecule has 0 radical (unpaired) electrons. The van der Waals surface area contributed by atoms with Gasteiger partial charge < -0.3 is 5.11 Å². The number of hydrogen-bond donors (Lipinski definition) is 1. The fraction of sp³-hybridized carbons (Fsp3) is 0.571. The molecule has 0 aromatic rings. The summed E-state index contributed by atoms with van der Waals surface area (Å²) < 4.78 is 0. The van der Waals surface area contributed by atoms with Gasteiger partial charge in [0.25, 0.3) is 0 Å². The number of carbonyl (C=O) groups excluding carboxylic acids is 1. The third-order valence-corrected chi connectivity index (χ3v) is 1.15. The van der Waals surface area contributed by atoms with Crippen LogP contribution in [0.2, 0.25) is 0 Å². The third-order valence-electron chi connectivity index (χ3n) is 1.15. The molecule has 2 nitrogen and oxygen atoms in total. The fourth-order valence-electron chi connectivity index (χ4n) is 0.554. The maximum absolute atomic E-state index is 10.1. The van der Waals surface area contributed by atoms with Crippen molar-refractivity contribution in [2.75, 3.05) is 6.61 Å². The molecule has 1 N–H and O–H groups in total. The van der Waals surface area contributed by atoms with E-state index in [-0.39, 0.29) is 6.61 Å². The highest BCUT2D eigenvalue weighted by molar-refractivity contribution is 5.72. The first-order chi connectivity index (χ1) is 4.35. The van der Waals surface area contributed by atoms with E-state index in [9.17, 15) is 4.79 Å². The number of allylic oxidation sites excluding steroid dienone is 2. The van der Waals surface area contributed by atoms with Crippen LogP contribution in [0, 0.1) is 0 Å². The summed E-state index contributed by atoms with van der Waals surface area (Å²) in [6.07, 6.45) is 3.97. The molecule has 0 saturated heterocycles. The van der Waals surface area contributed by atoms with E-state index in [4.69, 9.17) is 5.11 Å². The first-order valence-corrected chi connectivity index (χ1v) is 3.06. The summed E-state index contributed by atoms with van der Waals surface area (Å²) in [6.45, 7) is 1.98. The summed E-state index contributed by atoms with van der Waals surface area (Å²) >= 11 is 0. The zero-order chi connectivity index (χ0) is 7.11. The van der Waals surface area contributed by atoms with E-state index in [0.29, 0.717) is 12.8 Å². The fourth-order valence-corrected chi connectivity index (χ4v) is 0.554. The molecule has 0 saturated carbocycles. The van der Waals surface area contributed by atoms with Gasteiger partial charge in [0, 0.05) is 6.61 Å². The van der Waals surface area contributed by atoms with Gasteiger partial charge in [-0.3, -0.25) is 4.79 Å². The Bertz CT molecular complexity index is 105. The average molecular weight is 128 g/mol. The van der Waals surface area contributed by atoms with E-state index in [1.54, 1.807) is 6.08 Å². The average Bonchev–Trinajstić information content (AvgIpc) is 1.91. The van der Waals surface area contributed by atoms with E-state index < -0.39 is 0 Å². The van der Waals surface area contributed by atoms with Crippen molar-refractivity contribution in [1.82, 2.24) is 0 Å². The lowest BCUT2D eigenvalue weighted by Gasteiger charge is -1.93. The largest absolute Gasteiger partial charge is 0.396 e. The van der Waals surface area contributed by atoms with Crippen LogP contribution in [0.1, 0.15) is 19.8 Å². The Morgan fingerprint density at radius 1 is 1.67 bits per heavy atom. The highest BCUT2D eigenvalue weighted by atomic mass is 16.2. The Hall–Kier alpha value is -0.630. The summed E-state index contributed by atoms with van der Waals surface area (Å²) in [7, 11) is 0. The van der Waals surface area contributed by atoms with Crippen molar-refractivity contribution >= 4 is 6.29 Å². The molecule has 0 amide bonds. The van der Waals surface area contributed by atoms with Crippen LogP contribution in [-0.4, -0.2) is 18.0 Å². The van der Waals surface area contributed by atoms with Gasteiger partial charge in [-0.25, -0.2) is 0 Å². The Kier molecular flexibility index (Phi) is 5.12. The molecule has 2 heteroatoms. The maximum atomic E-state index is 10.1. The second-order valence-electron chi connectivity index (χ2n) is 1.81. The monoisotopic (exact) mass is 128 g/mol. The van der Waals surface area contributed by atoms with Crippen molar-refractivity contribution in [2.24, 2.45) is 0 Å². The lowest BCUT2D eigenvalue weighted by molar-refractivity contribution is -0.105. The molecule has 0 aromatic heterocycles. The first kappa shape index (κ1) is 8.37. The zero-order valence-corrected chi connectivity index (χ0v) is 5.63. The predicted octanol–water partition coefficient (Wildman–Crippen LogP) is 0.904. The number of aliphatic hydroxyl groups is 1. The maximum Gasteiger partial charge on any atom is 0.145 e. The molecule has 0 atom stereocenters. The predicted molar refractivity (Wildman–Crippen MR) is 36.1 cm³/mol. The van der Waals surface area contributed by atoms with E-state index in [1.165, 1.54) is 0 Å². The van der Waals surface area contributed by atoms with Crippen LogP contribution in [0.4, 0.5) is 0 Å². The standard InChI is InChI=1S/C7H12O2/c1-2-7(6-9)4-3-5-8/h2,6,8H,3-5H2,1H3/b7-2+. The van der Waals surface area contributed by atoms with Gasteiger partial charge in [-0.1, -0.05) is 6.08 Å². The molecule has 0 rings (SSSR count). The van der Waals surface area contributed by atoms with Crippen LogP contribution in [0.5, 0.6) is 0 Å². The highest BCUT2D eigenvalue weighted by Crippen LogP contribution is 1.99. The van der Waals surface area contributed by atoms with Gasteiger partial charge >= 0.3 is 0 Å². The SMILES string of the molecule is C/C=C(/C=O)CCCO. The van der Waals surface area contributed by atoms with E-state index in [0.717, 1.165) is 11.9 Å². The number of carbonyl (C=O) groups is 1. The molecule has 0 fully saturated rings. The normalized spacial score (nSPS) is 11.6. The van der Waals surface area contributed by atoms with Gasteiger partial charge in [0.05, 0.1) is 0 Å². The molecule has 0 bridgehead atoms. The Morgan fingerprint density at radius 2 is 2.33 bits per heavy atom. The lowest BCUT2D eigenvalue weighted by Crippen LogP contribution is -1.87. The minimum Gasteiger partial charge on any atom is -0.396 e. The van der Waals surface area contributed by atoms with Crippen molar-refractivity contribution in [3.05, 3.63) is 11.6 Å². The summed E-state index contributed by atoms with van der Waals surface area (Å²) in [5.74, 6) is 0. The summed E-state index contributed by atoms with van der Waals surface area (Å²) in [4.78, 5) is 10.1. The van der Waals surface area contributed by atoms with Crippen LogP contribution < -0.4 is 0 Å². The number of rotatable bonds is 4. The molecule has 52 valence electrons. The number of aldehydes is 1. The molecular weight excluding hydrogens is 116 g/mol. The Balaban J connectivity index is 3.45. The molecule has 0 aliphatic rings. The van der Waals surface area contributed by atoms with Crippen molar-refractivity contribution in [3.8, 4) is 0 Å². The number of hydrogen-bond acceptors (Lipinski definition) is 2. The van der Waals surface area contributed by atoms with E-state index >= 15 is 0 Å². The summed E-state index contributed by atoms with van der Waals surface area (Å²) in [5, 5.41) is 8.36. The quantitative estimate of drug-likeness (QED) is 0.451. The molecular formula is C7H12O2. The van der Waals surface area contributed by atoms with Gasteiger partial charge in [-0.05, 0) is 25.3 Å². The smallest absolute Gasteiger partial charge is 0.145 e. The summed E-state index contributed by atoms with van der Waals surface area (Å²) in [6, 6.07) is 0. The summed E-state index contributed by atoms with van der Waals surface area (Å²) in [5.41, 5.74) is 0.768. The first-order valence-electron chi connectivity index (χ1n) is 3.06. The molecule has 0 aliphatic heterocycles. The Labute approximate surface area is 55.2 Å². The van der Waals surface area contributed by atoms with Gasteiger partial charge in [0.15, 0.2) is 0 Å². The van der Waals surface area contributed by atoms with E-state index in [2.05, 4.69) is 0 Å². The van der Waals surface area contributed by atoms with Crippen molar-refractivity contribution < 1.29 is 9.90 Å². The van der Waals surface area contributed by atoms with Crippen molar-refractivity contribution in [3.63, 3.8) is 0 Å². The van der Waals surface area contributed by atoms with E-state index in [1.807, 2.05) is 6.92 Å². The van der Waals surface area contributed by atoms with Gasteiger partial charge in [0.1, 0.15) is 6.29 Å². The van der Waals surface area contributed by atoms with Crippen LogP contribution >= 0.6 is 0 Å². The topological polar surface area (TPSA) is 37.3 Å². The van der Waals surface area contributed by atoms with Gasteiger partial charge in [-0.2, -0.15) is 0 Å². The molecule has 9 heavy (non-hydrogen) atoms. The van der Waals surface area contributed by atoms with Crippen LogP contribution in [0.15, 0.2) is 11.6 Å². The second kappa shape index (κ2) is 5.51. The number of aliphatic hydroxyl groups excluding tert-OH is 1. The van der Waals surface area contributed by atoms with Crippen molar-refractivity contribution in [2.45, 2.75) is 19.8 Å². The molecule has 0 aliphatic carbocycles. The molecule has 0 unspecified atom stereocenters. The molecule has 0 aromatic carbocycles. The molecule has 0 spiro atoms. The van der Waals surface area contributed by atoms with Gasteiger partial charge in [-0.15, -0.1) is 0 Å². The molecule has 0 heterocycles. The van der Waals surface area contributed by atoms with Crippen LogP contribution in [-0.2, 0) is 4.79 Å². The van der Waals surface area contributed by atoms with Crippen LogP contribution in [0.25, 0.3) is 0 Å². The van der Waals surface area contributed by atoms with Gasteiger partial charge in [0.2, 0.25) is 0 Å². The lowest BCUT2D eigenvalue weighted by atomic mass is 10.1. The third kappa shape index (κ3) is 3.91. The Morgan fingerprint density at radius 3 is 2.67 bits per heavy atom. The second-order valence-corrected chi connectivity index (χ2v) is 1.81. The van der Waals surface area contributed by atoms with Crippen LogP contribution in [0.3, 0.4) is 0 Å². The minimum absolute atomic E-state index is 0.158.